The van der Waals surface area contributed by atoms with E-state index in [9.17, 15) is 38.8 Å². The normalized spacial score (nSPS) is 12.7. The number of benzene rings is 1. The molecule has 3 atom stereocenters. The van der Waals surface area contributed by atoms with E-state index in [2.05, 4.69) is 102 Å². The zero-order chi connectivity index (χ0) is 49.0. The van der Waals surface area contributed by atoms with Gasteiger partial charge in [-0.05, 0) is 96.0 Å². The lowest BCUT2D eigenvalue weighted by molar-refractivity contribution is -0.142. The minimum Gasteiger partial charge on any atom is -0.481 e. The number of carboxylic acid groups (broad SMARTS) is 3. The van der Waals surface area contributed by atoms with Crippen molar-refractivity contribution in [1.82, 2.24) is 40.0 Å². The van der Waals surface area contributed by atoms with Gasteiger partial charge in [0.05, 0.1) is 24.4 Å². The van der Waals surface area contributed by atoms with Gasteiger partial charge in [-0.25, -0.2) is 14.8 Å². The summed E-state index contributed by atoms with van der Waals surface area (Å²) < 4.78 is 12.6. The van der Waals surface area contributed by atoms with Crippen LogP contribution in [0.25, 0.3) is 11.2 Å². The highest BCUT2D eigenvalue weighted by molar-refractivity contribution is 7.58. The molecule has 0 bridgehead atoms. The van der Waals surface area contributed by atoms with Crippen molar-refractivity contribution in [3.8, 4) is 0 Å². The van der Waals surface area contributed by atoms with Gasteiger partial charge in [-0.2, -0.15) is 9.97 Å². The first kappa shape index (κ1) is 59.0. The number of amides is 1. The summed E-state index contributed by atoms with van der Waals surface area (Å²) in [6.45, 7) is 30.7. The molecule has 64 heavy (non-hydrogen) atoms. The molecular formula is C43H76N11O9P. The molecule has 1 unspecified atom stereocenters. The minimum absolute atomic E-state index is 0.0183. The van der Waals surface area contributed by atoms with Crippen LogP contribution in [0.15, 0.2) is 30.5 Å². The Hall–Kier alpha value is -5.01. The Kier molecular flexibility index (Phi) is 29.3. The quantitative estimate of drug-likeness (QED) is 0.0601. The molecule has 362 valence electrons. The largest absolute Gasteiger partial charge is 0.481 e. The summed E-state index contributed by atoms with van der Waals surface area (Å²) in [4.78, 5) is 82.3. The molecule has 1 aromatic carbocycles. The summed E-state index contributed by atoms with van der Waals surface area (Å²) in [5, 5.41) is 29.9. The van der Waals surface area contributed by atoms with Crippen molar-refractivity contribution in [2.45, 2.75) is 94.2 Å². The third-order valence-corrected chi connectivity index (χ3v) is 12.4. The molecule has 20 nitrogen and oxygen atoms in total. The van der Waals surface area contributed by atoms with Gasteiger partial charge in [0.25, 0.3) is 5.91 Å². The van der Waals surface area contributed by atoms with Gasteiger partial charge >= 0.3 is 17.9 Å². The second kappa shape index (κ2) is 31.8. The third kappa shape index (κ3) is 23.1. The molecule has 3 aromatic rings. The zero-order valence-corrected chi connectivity index (χ0v) is 40.6. The lowest BCUT2D eigenvalue weighted by Gasteiger charge is -2.20. The lowest BCUT2D eigenvalue weighted by atomic mass is 10.1. The molecule has 0 aliphatic heterocycles. The van der Waals surface area contributed by atoms with Crippen LogP contribution in [0.3, 0.4) is 0 Å². The molecule has 0 spiro atoms. The Morgan fingerprint density at radius 2 is 1.20 bits per heavy atom. The number of fused-ring (bicyclic) bond motifs is 1. The van der Waals surface area contributed by atoms with E-state index >= 15 is 0 Å². The second-order valence-electron chi connectivity index (χ2n) is 14.6. The fraction of sp³-hybridized carbons (Fsp3) is 0.628. The van der Waals surface area contributed by atoms with E-state index in [1.54, 1.807) is 19.2 Å². The highest BCUT2D eigenvalue weighted by Gasteiger charge is 2.31. The first-order valence-corrected chi connectivity index (χ1v) is 24.0. The lowest BCUT2D eigenvalue weighted by Crippen LogP contribution is -2.41. The highest BCUT2D eigenvalue weighted by Crippen LogP contribution is 2.44. The van der Waals surface area contributed by atoms with Crippen LogP contribution in [0.4, 0.5) is 17.5 Å². The molecule has 21 heteroatoms. The highest BCUT2D eigenvalue weighted by atomic mass is 31.2. The fourth-order valence-corrected chi connectivity index (χ4v) is 8.00. The van der Waals surface area contributed by atoms with E-state index in [0.717, 1.165) is 0 Å². The van der Waals surface area contributed by atoms with Gasteiger partial charge in [-0.1, -0.05) is 62.3 Å². The fourth-order valence-electron chi connectivity index (χ4n) is 6.13. The number of rotatable bonds is 24. The third-order valence-electron chi connectivity index (χ3n) is 10.4. The van der Waals surface area contributed by atoms with Crippen molar-refractivity contribution in [2.75, 3.05) is 94.6 Å². The molecule has 0 radical (unpaired) electrons. The number of carboxylic acids is 3. The van der Waals surface area contributed by atoms with Crippen molar-refractivity contribution in [1.29, 1.82) is 0 Å². The van der Waals surface area contributed by atoms with E-state index in [-0.39, 0.29) is 29.4 Å². The predicted molar refractivity (Wildman–Crippen MR) is 254 cm³/mol. The van der Waals surface area contributed by atoms with Crippen LogP contribution in [0.2, 0.25) is 0 Å². The smallest absolute Gasteiger partial charge is 0.326 e. The van der Waals surface area contributed by atoms with Gasteiger partial charge in [-0.3, -0.25) is 18.9 Å². The van der Waals surface area contributed by atoms with Crippen LogP contribution in [0.5, 0.6) is 0 Å². The van der Waals surface area contributed by atoms with Crippen LogP contribution >= 0.6 is 7.37 Å². The number of hydrogen-bond acceptors (Lipinski definition) is 15. The number of hydrogen-bond donors (Lipinski definition) is 7. The molecule has 0 aliphatic carbocycles. The van der Waals surface area contributed by atoms with Crippen LogP contribution in [-0.2, 0) is 25.5 Å². The first-order valence-electron chi connectivity index (χ1n) is 22.0. The summed E-state index contributed by atoms with van der Waals surface area (Å²) in [5.74, 6) is -6.18. The number of nitrogens with two attached hydrogens (primary N) is 2. The maximum Gasteiger partial charge on any atom is 0.326 e. The summed E-state index contributed by atoms with van der Waals surface area (Å²) in [5.41, 5.74) is 13.4. The molecule has 0 fully saturated rings. The minimum atomic E-state index is -4.16. The van der Waals surface area contributed by atoms with E-state index in [0.29, 0.717) is 23.4 Å². The van der Waals surface area contributed by atoms with Crippen molar-refractivity contribution < 1.29 is 44.0 Å². The Morgan fingerprint density at radius 3 is 1.61 bits per heavy atom. The number of anilines is 3. The van der Waals surface area contributed by atoms with Crippen molar-refractivity contribution in [3.63, 3.8) is 0 Å². The predicted octanol–water partition coefficient (Wildman–Crippen LogP) is 4.67. The summed E-state index contributed by atoms with van der Waals surface area (Å²) in [7, 11) is -2.39. The van der Waals surface area contributed by atoms with Gasteiger partial charge in [0, 0.05) is 37.0 Å². The Bertz CT molecular complexity index is 1840. The SMILES string of the molecule is CCN(CC)CC.CCN(CC)CC.CCN(CC)CC.CN(Cc1cnc2nc(N)nc(N)c2n1)c1ccc(C(=O)N[C@@H](CCP(=O)(O)C[C@@H](CCC(=O)O)C(=O)O)C(=O)O)cc1. The molecule has 1 amide bonds. The average molecular weight is 922 g/mol. The number of nitrogen functional groups attached to an aromatic ring is 2. The molecule has 2 heterocycles. The summed E-state index contributed by atoms with van der Waals surface area (Å²) >= 11 is 0. The van der Waals surface area contributed by atoms with Gasteiger partial charge in [0.15, 0.2) is 17.0 Å². The monoisotopic (exact) mass is 922 g/mol. The van der Waals surface area contributed by atoms with Crippen LogP contribution in [0, 0.1) is 5.92 Å². The number of aliphatic carboxylic acids is 3. The maximum absolute atomic E-state index is 12.7. The number of nitrogens with one attached hydrogen (secondary N) is 1. The first-order chi connectivity index (χ1) is 30.2. The Labute approximate surface area is 379 Å². The topological polar surface area (TPSA) is 295 Å². The maximum atomic E-state index is 12.7. The van der Waals surface area contributed by atoms with Crippen LogP contribution in [0.1, 0.15) is 97.6 Å². The van der Waals surface area contributed by atoms with Crippen LogP contribution < -0.4 is 21.7 Å². The molecule has 3 rings (SSSR count). The van der Waals surface area contributed by atoms with E-state index in [1.165, 1.54) is 77.2 Å². The number of carbonyl (C=O) groups excluding carboxylic acids is 1. The second-order valence-corrected chi connectivity index (χ2v) is 17.1. The van der Waals surface area contributed by atoms with Crippen molar-refractivity contribution in [3.05, 3.63) is 41.7 Å². The molecule has 2 aromatic heterocycles. The van der Waals surface area contributed by atoms with Crippen molar-refractivity contribution in [2.24, 2.45) is 5.92 Å². The van der Waals surface area contributed by atoms with E-state index in [1.807, 2.05) is 4.90 Å². The number of aromatic nitrogens is 4. The van der Waals surface area contributed by atoms with Crippen molar-refractivity contribution >= 4 is 59.8 Å². The number of nitrogens with zero attached hydrogens (tertiary/aromatic N) is 8. The van der Waals surface area contributed by atoms with Crippen LogP contribution in [-0.4, -0.2) is 163 Å². The molecule has 0 aliphatic rings. The summed E-state index contributed by atoms with van der Waals surface area (Å²) in [6, 6.07) is 4.66. The standard InChI is InChI=1S/C25H31N8O9P.3C6H15N/c1-33(11-15-10-28-21-19(29-15)20(26)31-25(27)32-21)16-5-2-13(3-6-16)22(36)30-17(24(39)40)8-9-43(41,42)12-14(23(37)38)4-7-18(34)35;3*1-4-7(5-2)6-3/h2-3,5-6,10,14,17H,4,7-9,11-12H2,1H3,(H,30,36)(H,34,35)(H,37,38)(H,39,40)(H,41,42)(H4,26,27,28,31,32);3*4-6H2,1-3H3/t14-,17+;;;/m1.../s1. The van der Waals surface area contributed by atoms with E-state index < -0.39 is 68.3 Å². The Balaban J connectivity index is 0.00000155. The molecular weight excluding hydrogens is 846 g/mol. The summed E-state index contributed by atoms with van der Waals surface area (Å²) in [6.07, 6.45) is -1.09. The zero-order valence-electron chi connectivity index (χ0n) is 39.7. The number of carbonyl (C=O) groups is 4. The molecule has 0 saturated heterocycles. The Morgan fingerprint density at radius 1 is 0.719 bits per heavy atom. The molecule has 9 N–H and O–H groups in total. The average Bonchev–Trinajstić information content (AvgIpc) is 3.26. The molecule has 0 saturated carbocycles. The van der Waals surface area contributed by atoms with Gasteiger partial charge in [-0.15, -0.1) is 0 Å². The van der Waals surface area contributed by atoms with Gasteiger partial charge in [0.1, 0.15) is 6.04 Å². The van der Waals surface area contributed by atoms with Gasteiger partial charge < -0.3 is 56.6 Å². The van der Waals surface area contributed by atoms with Gasteiger partial charge in [0.2, 0.25) is 13.3 Å². The van der Waals surface area contributed by atoms with E-state index in [4.69, 9.17) is 16.6 Å².